The van der Waals surface area contributed by atoms with Gasteiger partial charge in [0, 0.05) is 0 Å². The molecule has 0 aliphatic carbocycles. The number of hydrogen-bond acceptors (Lipinski definition) is 5. The van der Waals surface area contributed by atoms with Gasteiger partial charge in [-0.2, -0.15) is 0 Å². The minimum atomic E-state index is -0.776. The Kier molecular flexibility index (Phi) is 7.77. The van der Waals surface area contributed by atoms with Crippen LogP contribution in [0.3, 0.4) is 0 Å². The molecule has 7 nitrogen and oxygen atoms in total. The Morgan fingerprint density at radius 1 is 1.18 bits per heavy atom. The van der Waals surface area contributed by atoms with Crippen molar-refractivity contribution in [3.63, 3.8) is 0 Å². The summed E-state index contributed by atoms with van der Waals surface area (Å²) < 4.78 is 9.67. The number of aliphatic hydroxyl groups is 1. The predicted molar refractivity (Wildman–Crippen MR) is 80.0 cm³/mol. The fraction of sp³-hybridized carbons (Fsp3) is 0.467. The van der Waals surface area contributed by atoms with E-state index in [-0.39, 0.29) is 19.8 Å². The van der Waals surface area contributed by atoms with Gasteiger partial charge in [0.15, 0.2) is 0 Å². The average molecular weight is 310 g/mol. The van der Waals surface area contributed by atoms with Gasteiger partial charge in [0.2, 0.25) is 0 Å². The maximum atomic E-state index is 12.0. The number of amides is 2. The zero-order chi connectivity index (χ0) is 16.4. The van der Waals surface area contributed by atoms with Gasteiger partial charge in [0.25, 0.3) is 0 Å². The standard InChI is InChI=1S/C15H22N2O5/c1-3-21-14(19)16-17(15(20)22-4-2)13(11-18)10-12-8-6-5-7-9-12/h5-9,13,18H,3-4,10-11H2,1-2H3,(H,16,19). The summed E-state index contributed by atoms with van der Waals surface area (Å²) in [6, 6.07) is 8.67. The first-order chi connectivity index (χ1) is 10.6. The van der Waals surface area contributed by atoms with Gasteiger partial charge in [-0.25, -0.2) is 20.0 Å². The molecule has 1 aromatic carbocycles. The third-order valence-corrected chi connectivity index (χ3v) is 2.84. The first-order valence-corrected chi connectivity index (χ1v) is 7.16. The van der Waals surface area contributed by atoms with Crippen LogP contribution >= 0.6 is 0 Å². The molecule has 2 amide bonds. The Morgan fingerprint density at radius 3 is 2.36 bits per heavy atom. The fourth-order valence-corrected chi connectivity index (χ4v) is 1.86. The van der Waals surface area contributed by atoms with Gasteiger partial charge in [-0.3, -0.25) is 0 Å². The summed E-state index contributed by atoms with van der Waals surface area (Å²) in [6.07, 6.45) is -1.16. The van der Waals surface area contributed by atoms with E-state index in [9.17, 15) is 14.7 Å². The second kappa shape index (κ2) is 9.62. The molecule has 1 atom stereocenters. The van der Waals surface area contributed by atoms with E-state index in [1.54, 1.807) is 13.8 Å². The highest BCUT2D eigenvalue weighted by atomic mass is 16.6. The molecule has 0 aliphatic heterocycles. The third-order valence-electron chi connectivity index (χ3n) is 2.84. The molecule has 0 radical (unpaired) electrons. The highest BCUT2D eigenvalue weighted by Crippen LogP contribution is 2.09. The molecule has 122 valence electrons. The van der Waals surface area contributed by atoms with Crippen molar-refractivity contribution in [2.75, 3.05) is 19.8 Å². The van der Waals surface area contributed by atoms with E-state index >= 15 is 0 Å². The Hall–Kier alpha value is -2.28. The van der Waals surface area contributed by atoms with E-state index < -0.39 is 18.2 Å². The van der Waals surface area contributed by atoms with Crippen LogP contribution in [-0.4, -0.2) is 48.2 Å². The quantitative estimate of drug-likeness (QED) is 0.781. The van der Waals surface area contributed by atoms with Crippen molar-refractivity contribution < 1.29 is 24.2 Å². The van der Waals surface area contributed by atoms with E-state index in [0.717, 1.165) is 10.6 Å². The monoisotopic (exact) mass is 310 g/mol. The molecule has 0 saturated carbocycles. The number of ether oxygens (including phenoxy) is 2. The molecule has 2 N–H and O–H groups in total. The van der Waals surface area contributed by atoms with Crippen molar-refractivity contribution >= 4 is 12.2 Å². The maximum absolute atomic E-state index is 12.0. The molecular formula is C15H22N2O5. The molecule has 22 heavy (non-hydrogen) atoms. The first kappa shape index (κ1) is 17.8. The molecule has 0 bridgehead atoms. The number of nitrogens with one attached hydrogen (secondary N) is 1. The zero-order valence-electron chi connectivity index (χ0n) is 12.8. The highest BCUT2D eigenvalue weighted by Gasteiger charge is 2.27. The molecule has 0 saturated heterocycles. The van der Waals surface area contributed by atoms with Crippen LogP contribution in [0.2, 0.25) is 0 Å². The molecule has 0 spiro atoms. The van der Waals surface area contributed by atoms with Gasteiger partial charge in [0.05, 0.1) is 25.9 Å². The summed E-state index contributed by atoms with van der Waals surface area (Å²) in [5.41, 5.74) is 3.23. The van der Waals surface area contributed by atoms with Gasteiger partial charge < -0.3 is 14.6 Å². The van der Waals surface area contributed by atoms with Crippen LogP contribution < -0.4 is 5.43 Å². The number of aliphatic hydroxyl groups excluding tert-OH is 1. The maximum Gasteiger partial charge on any atom is 0.429 e. The summed E-state index contributed by atoms with van der Waals surface area (Å²) in [6.45, 7) is 3.31. The van der Waals surface area contributed by atoms with Crippen LogP contribution in [-0.2, 0) is 15.9 Å². The van der Waals surface area contributed by atoms with E-state index in [4.69, 9.17) is 9.47 Å². The normalized spacial score (nSPS) is 11.4. The Labute approximate surface area is 129 Å². The smallest absolute Gasteiger partial charge is 0.429 e. The number of carbonyl (C=O) groups excluding carboxylic acids is 2. The van der Waals surface area contributed by atoms with E-state index in [1.807, 2.05) is 30.3 Å². The number of rotatable bonds is 6. The second-order valence-electron chi connectivity index (χ2n) is 4.43. The van der Waals surface area contributed by atoms with E-state index in [2.05, 4.69) is 5.43 Å². The Bertz CT molecular complexity index is 466. The third kappa shape index (κ3) is 5.61. The summed E-state index contributed by atoms with van der Waals surface area (Å²) in [5, 5.41) is 10.5. The van der Waals surface area contributed by atoms with Crippen LogP contribution in [0.15, 0.2) is 30.3 Å². The number of benzene rings is 1. The lowest BCUT2D eigenvalue weighted by molar-refractivity contribution is 0.0395. The number of nitrogens with zero attached hydrogens (tertiary/aromatic N) is 1. The van der Waals surface area contributed by atoms with Crippen LogP contribution in [0.1, 0.15) is 19.4 Å². The predicted octanol–water partition coefficient (Wildman–Crippen LogP) is 1.71. The Balaban J connectivity index is 2.85. The molecule has 1 rings (SSSR count). The summed E-state index contributed by atoms with van der Waals surface area (Å²) in [7, 11) is 0. The van der Waals surface area contributed by atoms with Gasteiger partial charge >= 0.3 is 12.2 Å². The number of hydrazine groups is 1. The van der Waals surface area contributed by atoms with Crippen molar-refractivity contribution in [1.82, 2.24) is 10.4 Å². The lowest BCUT2D eigenvalue weighted by Crippen LogP contribution is -2.54. The van der Waals surface area contributed by atoms with Crippen LogP contribution in [0, 0.1) is 0 Å². The zero-order valence-corrected chi connectivity index (χ0v) is 12.8. The molecule has 1 aromatic rings. The molecular weight excluding hydrogens is 288 g/mol. The summed E-state index contributed by atoms with van der Waals surface area (Å²) >= 11 is 0. The van der Waals surface area contributed by atoms with Crippen LogP contribution in [0.4, 0.5) is 9.59 Å². The number of hydrogen-bond donors (Lipinski definition) is 2. The molecule has 0 aromatic heterocycles. The van der Waals surface area contributed by atoms with Gasteiger partial charge in [-0.05, 0) is 25.8 Å². The van der Waals surface area contributed by atoms with Crippen molar-refractivity contribution in [2.45, 2.75) is 26.3 Å². The molecule has 1 unspecified atom stereocenters. The van der Waals surface area contributed by atoms with Crippen molar-refractivity contribution in [3.8, 4) is 0 Å². The van der Waals surface area contributed by atoms with Gasteiger partial charge in [-0.1, -0.05) is 30.3 Å². The van der Waals surface area contributed by atoms with E-state index in [0.29, 0.717) is 6.42 Å². The van der Waals surface area contributed by atoms with Gasteiger partial charge in [-0.15, -0.1) is 0 Å². The largest absolute Gasteiger partial charge is 0.449 e. The Morgan fingerprint density at radius 2 is 1.82 bits per heavy atom. The average Bonchev–Trinajstić information content (AvgIpc) is 2.52. The van der Waals surface area contributed by atoms with Gasteiger partial charge in [0.1, 0.15) is 0 Å². The fourth-order valence-electron chi connectivity index (χ4n) is 1.86. The lowest BCUT2D eigenvalue weighted by Gasteiger charge is -2.29. The topological polar surface area (TPSA) is 88.1 Å². The molecule has 0 fully saturated rings. The lowest BCUT2D eigenvalue weighted by atomic mass is 10.1. The molecule has 7 heteroatoms. The van der Waals surface area contributed by atoms with Crippen molar-refractivity contribution in [1.29, 1.82) is 0 Å². The summed E-state index contributed by atoms with van der Waals surface area (Å²) in [4.78, 5) is 23.6. The van der Waals surface area contributed by atoms with Crippen molar-refractivity contribution in [2.24, 2.45) is 0 Å². The van der Waals surface area contributed by atoms with Crippen LogP contribution in [0.25, 0.3) is 0 Å². The first-order valence-electron chi connectivity index (χ1n) is 7.16. The minimum absolute atomic E-state index is 0.156. The summed E-state index contributed by atoms with van der Waals surface area (Å²) in [5.74, 6) is 0. The van der Waals surface area contributed by atoms with Crippen molar-refractivity contribution in [3.05, 3.63) is 35.9 Å². The highest BCUT2D eigenvalue weighted by molar-refractivity contribution is 5.74. The molecule has 0 aliphatic rings. The number of carbonyl (C=O) groups is 2. The second-order valence-corrected chi connectivity index (χ2v) is 4.43. The van der Waals surface area contributed by atoms with Crippen LogP contribution in [0.5, 0.6) is 0 Å². The van der Waals surface area contributed by atoms with E-state index in [1.165, 1.54) is 0 Å². The SMILES string of the molecule is CCOC(=O)NN(C(=O)OCC)C(CO)Cc1ccccc1. The minimum Gasteiger partial charge on any atom is -0.449 e. The molecule has 0 heterocycles.